The predicted molar refractivity (Wildman–Crippen MR) is 152 cm³/mol. The van der Waals surface area contributed by atoms with Crippen molar-refractivity contribution in [3.05, 3.63) is 50.8 Å². The maximum Gasteiger partial charge on any atom is 0.346 e. The summed E-state index contributed by atoms with van der Waals surface area (Å²) in [6.45, 7) is 6.94. The van der Waals surface area contributed by atoms with Crippen molar-refractivity contribution in [3.63, 3.8) is 0 Å². The van der Waals surface area contributed by atoms with Gasteiger partial charge in [0.05, 0.1) is 6.61 Å². The second-order valence-corrected chi connectivity index (χ2v) is 11.0. The lowest BCUT2D eigenvalue weighted by Gasteiger charge is -2.13. The molecule has 1 N–H and O–H groups in total. The Kier molecular flexibility index (Phi) is 14.8. The second kappa shape index (κ2) is 17.8. The highest BCUT2D eigenvalue weighted by atomic mass is 32.2. The highest BCUT2D eigenvalue weighted by Crippen LogP contribution is 2.27. The summed E-state index contributed by atoms with van der Waals surface area (Å²) in [6, 6.07) is 8.06. The molecule has 9 nitrogen and oxygen atoms in total. The van der Waals surface area contributed by atoms with Crippen LogP contribution in [0.4, 0.5) is 0 Å². The molecule has 2 rings (SSSR count). The fraction of sp³-hybridized carbons (Fsp3) is 0.643. The SMILES string of the molecule is CCC(=O)OCC(C)Sc1cccc(OCCCCNCCCCCCCc2nn(C)c(=O)n(C)c2=O)c1. The van der Waals surface area contributed by atoms with E-state index in [1.807, 2.05) is 31.2 Å². The van der Waals surface area contributed by atoms with Crippen LogP contribution in [0.3, 0.4) is 0 Å². The van der Waals surface area contributed by atoms with Crippen molar-refractivity contribution in [2.75, 3.05) is 26.3 Å². The van der Waals surface area contributed by atoms with E-state index in [9.17, 15) is 14.4 Å². The lowest BCUT2D eigenvalue weighted by atomic mass is 10.1. The number of aromatic nitrogens is 3. The van der Waals surface area contributed by atoms with E-state index >= 15 is 0 Å². The van der Waals surface area contributed by atoms with Crippen LogP contribution in [0.2, 0.25) is 0 Å². The lowest BCUT2D eigenvalue weighted by Crippen LogP contribution is -2.40. The van der Waals surface area contributed by atoms with Gasteiger partial charge < -0.3 is 14.8 Å². The molecule has 0 aliphatic heterocycles. The summed E-state index contributed by atoms with van der Waals surface area (Å²) in [7, 11) is 3.07. The number of thioether (sulfide) groups is 1. The Morgan fingerprint density at radius 1 is 1.05 bits per heavy atom. The zero-order valence-corrected chi connectivity index (χ0v) is 24.2. The molecule has 1 atom stereocenters. The van der Waals surface area contributed by atoms with E-state index in [2.05, 4.69) is 10.4 Å². The second-order valence-electron chi connectivity index (χ2n) is 9.48. The minimum atomic E-state index is -0.390. The smallest absolute Gasteiger partial charge is 0.346 e. The summed E-state index contributed by atoms with van der Waals surface area (Å²) in [4.78, 5) is 36.2. The number of benzene rings is 1. The number of hydrogen-bond acceptors (Lipinski definition) is 8. The number of esters is 1. The maximum atomic E-state index is 12.1. The van der Waals surface area contributed by atoms with Gasteiger partial charge in [-0.05, 0) is 70.3 Å². The molecule has 0 spiro atoms. The number of aryl methyl sites for hydroxylation is 2. The fourth-order valence-electron chi connectivity index (χ4n) is 3.88. The average molecular weight is 549 g/mol. The molecule has 0 radical (unpaired) electrons. The molecule has 212 valence electrons. The van der Waals surface area contributed by atoms with E-state index in [-0.39, 0.29) is 16.8 Å². The first-order valence-corrected chi connectivity index (χ1v) is 14.6. The summed E-state index contributed by atoms with van der Waals surface area (Å²) in [6.07, 6.45) is 8.45. The number of hydrogen-bond donors (Lipinski definition) is 1. The number of carbonyl (C=O) groups excluding carboxylic acids is 1. The summed E-state index contributed by atoms with van der Waals surface area (Å²) in [5, 5.41) is 7.79. The van der Waals surface area contributed by atoms with Gasteiger partial charge >= 0.3 is 11.7 Å². The van der Waals surface area contributed by atoms with Gasteiger partial charge in [0.25, 0.3) is 5.56 Å². The molecular formula is C28H44N4O5S. The number of rotatable bonds is 19. The summed E-state index contributed by atoms with van der Waals surface area (Å²) < 4.78 is 13.5. The van der Waals surface area contributed by atoms with E-state index in [1.165, 1.54) is 11.7 Å². The molecule has 0 fully saturated rings. The predicted octanol–water partition coefficient (Wildman–Crippen LogP) is 3.85. The highest BCUT2D eigenvalue weighted by Gasteiger charge is 2.09. The van der Waals surface area contributed by atoms with E-state index in [0.717, 1.165) is 73.2 Å². The van der Waals surface area contributed by atoms with Gasteiger partial charge in [-0.2, -0.15) is 5.10 Å². The normalized spacial score (nSPS) is 11.9. The molecule has 1 aromatic heterocycles. The first kappa shape index (κ1) is 31.6. The number of nitrogens with one attached hydrogen (secondary N) is 1. The molecule has 38 heavy (non-hydrogen) atoms. The summed E-state index contributed by atoms with van der Waals surface area (Å²) >= 11 is 1.68. The number of ether oxygens (including phenoxy) is 2. The van der Waals surface area contributed by atoms with Gasteiger partial charge in [0.2, 0.25) is 0 Å². The van der Waals surface area contributed by atoms with Crippen LogP contribution >= 0.6 is 11.8 Å². The third-order valence-corrected chi connectivity index (χ3v) is 7.14. The van der Waals surface area contributed by atoms with Crippen LogP contribution in [0.25, 0.3) is 0 Å². The van der Waals surface area contributed by atoms with Crippen molar-refractivity contribution < 1.29 is 14.3 Å². The number of unbranched alkanes of at least 4 members (excludes halogenated alkanes) is 5. The standard InChI is InChI=1S/C28H44N4O5S/c1-5-26(33)37-21-22(2)38-24-15-13-14-23(20-24)36-19-12-11-18-29-17-10-8-6-7-9-16-25-27(34)31(3)28(35)32(4)30-25/h13-15,20,22,29H,5-12,16-19,21H2,1-4H3. The molecule has 1 heterocycles. The van der Waals surface area contributed by atoms with Crippen LogP contribution < -0.4 is 21.3 Å². The Hall–Kier alpha value is -2.59. The van der Waals surface area contributed by atoms with Crippen molar-refractivity contribution in [1.29, 1.82) is 0 Å². The Bertz CT molecular complexity index is 1100. The molecular weight excluding hydrogens is 504 g/mol. The van der Waals surface area contributed by atoms with Gasteiger partial charge in [-0.1, -0.05) is 32.3 Å². The molecule has 10 heteroatoms. The Labute approximate surface area is 230 Å². The van der Waals surface area contributed by atoms with Gasteiger partial charge in [0.15, 0.2) is 0 Å². The maximum absolute atomic E-state index is 12.1. The molecule has 2 aromatic rings. The molecule has 0 amide bonds. The lowest BCUT2D eigenvalue weighted by molar-refractivity contribution is -0.143. The number of nitrogens with zero attached hydrogens (tertiary/aromatic N) is 3. The van der Waals surface area contributed by atoms with Crippen molar-refractivity contribution in [1.82, 2.24) is 19.7 Å². The molecule has 0 saturated carbocycles. The largest absolute Gasteiger partial charge is 0.494 e. The van der Waals surface area contributed by atoms with Crippen molar-refractivity contribution >= 4 is 17.7 Å². The van der Waals surface area contributed by atoms with Crippen molar-refractivity contribution in [2.45, 2.75) is 81.8 Å². The zero-order valence-electron chi connectivity index (χ0n) is 23.4. The number of carbonyl (C=O) groups is 1. The topological polar surface area (TPSA) is 104 Å². The first-order valence-electron chi connectivity index (χ1n) is 13.7. The van der Waals surface area contributed by atoms with E-state index in [4.69, 9.17) is 9.47 Å². The van der Waals surface area contributed by atoms with Crippen LogP contribution in [0.5, 0.6) is 5.75 Å². The van der Waals surface area contributed by atoms with Crippen LogP contribution in [0.15, 0.2) is 38.8 Å². The molecule has 0 saturated heterocycles. The quantitative estimate of drug-likeness (QED) is 0.160. The van der Waals surface area contributed by atoms with Gasteiger partial charge in [-0.3, -0.25) is 14.2 Å². The van der Waals surface area contributed by atoms with E-state index in [0.29, 0.717) is 31.7 Å². The monoisotopic (exact) mass is 548 g/mol. The first-order chi connectivity index (χ1) is 18.3. The summed E-state index contributed by atoms with van der Waals surface area (Å²) in [5.74, 6) is 0.705. The van der Waals surface area contributed by atoms with Crippen LogP contribution in [0, 0.1) is 0 Å². The van der Waals surface area contributed by atoms with Crippen LogP contribution in [-0.2, 0) is 30.0 Å². The molecule has 0 bridgehead atoms. The zero-order chi connectivity index (χ0) is 27.8. The van der Waals surface area contributed by atoms with Crippen molar-refractivity contribution in [3.8, 4) is 5.75 Å². The minimum absolute atomic E-state index is 0.164. The van der Waals surface area contributed by atoms with Crippen LogP contribution in [0.1, 0.15) is 70.9 Å². The van der Waals surface area contributed by atoms with Gasteiger partial charge in [0, 0.05) is 30.7 Å². The van der Waals surface area contributed by atoms with Crippen molar-refractivity contribution in [2.24, 2.45) is 14.1 Å². The third kappa shape index (κ3) is 11.9. The Morgan fingerprint density at radius 3 is 2.53 bits per heavy atom. The van der Waals surface area contributed by atoms with Gasteiger partial charge in [-0.15, -0.1) is 11.8 Å². The fourth-order valence-corrected chi connectivity index (χ4v) is 4.82. The highest BCUT2D eigenvalue weighted by molar-refractivity contribution is 8.00. The minimum Gasteiger partial charge on any atom is -0.494 e. The van der Waals surface area contributed by atoms with E-state index < -0.39 is 5.69 Å². The third-order valence-electron chi connectivity index (χ3n) is 6.08. The van der Waals surface area contributed by atoms with E-state index in [1.54, 1.807) is 25.7 Å². The molecule has 0 aliphatic carbocycles. The van der Waals surface area contributed by atoms with Crippen LogP contribution in [-0.4, -0.2) is 51.9 Å². The molecule has 0 aliphatic rings. The average Bonchev–Trinajstić information content (AvgIpc) is 2.91. The Morgan fingerprint density at radius 2 is 1.76 bits per heavy atom. The molecule has 1 aromatic carbocycles. The van der Waals surface area contributed by atoms with Gasteiger partial charge in [0.1, 0.15) is 18.1 Å². The Balaban J connectivity index is 1.46. The molecule has 1 unspecified atom stereocenters. The summed E-state index contributed by atoms with van der Waals surface area (Å²) in [5.41, 5.74) is -0.208. The van der Waals surface area contributed by atoms with Gasteiger partial charge in [-0.25, -0.2) is 9.48 Å².